The number of nitrogens with two attached hydrogens (primary N) is 2. The Balaban J connectivity index is 4.10. The molecule has 0 aromatic heterocycles. The van der Waals surface area contributed by atoms with Gasteiger partial charge in [0.2, 0.25) is 0 Å². The Hall–Kier alpha value is -0.160. The summed E-state index contributed by atoms with van der Waals surface area (Å²) in [4.78, 5) is 0. The molecule has 116 valence electrons. The van der Waals surface area contributed by atoms with E-state index < -0.39 is 0 Å². The van der Waals surface area contributed by atoms with Crippen molar-refractivity contribution >= 4 is 0 Å². The second-order valence-electron chi connectivity index (χ2n) is 6.63. The van der Waals surface area contributed by atoms with Gasteiger partial charge in [-0.3, -0.25) is 0 Å². The lowest BCUT2D eigenvalue weighted by Gasteiger charge is -2.33. The van der Waals surface area contributed by atoms with Crippen LogP contribution in [0.4, 0.5) is 0 Å². The van der Waals surface area contributed by atoms with Crippen molar-refractivity contribution in [2.75, 3.05) is 13.2 Å². The maximum Gasteiger partial charge on any atom is 0.0666 e. The highest BCUT2D eigenvalue weighted by molar-refractivity contribution is 4.78. The van der Waals surface area contributed by atoms with E-state index in [-0.39, 0.29) is 23.3 Å². The summed E-state index contributed by atoms with van der Waals surface area (Å²) in [6.45, 7) is 13.7. The first-order chi connectivity index (χ1) is 8.60. The molecule has 0 aliphatic rings. The number of hydrogen-bond donors (Lipinski definition) is 2. The SMILES string of the molecule is CCC(C)(CC(C)N)OCCC(C)(C)OCC(C)N. The molecular formula is C15H34N2O2. The first-order valence-corrected chi connectivity index (χ1v) is 7.39. The van der Waals surface area contributed by atoms with Crippen molar-refractivity contribution in [1.82, 2.24) is 0 Å². The van der Waals surface area contributed by atoms with Crippen LogP contribution in [-0.2, 0) is 9.47 Å². The number of ether oxygens (including phenoxy) is 2. The van der Waals surface area contributed by atoms with Crippen LogP contribution in [0, 0.1) is 0 Å². The third-order valence-electron chi connectivity index (χ3n) is 3.39. The van der Waals surface area contributed by atoms with E-state index in [9.17, 15) is 0 Å². The van der Waals surface area contributed by atoms with Gasteiger partial charge in [0.1, 0.15) is 0 Å². The van der Waals surface area contributed by atoms with Crippen LogP contribution in [0.25, 0.3) is 0 Å². The number of rotatable bonds is 10. The quantitative estimate of drug-likeness (QED) is 0.642. The predicted molar refractivity (Wildman–Crippen MR) is 81.2 cm³/mol. The minimum atomic E-state index is -0.198. The van der Waals surface area contributed by atoms with Gasteiger partial charge in [0.15, 0.2) is 0 Å². The third-order valence-corrected chi connectivity index (χ3v) is 3.39. The second kappa shape index (κ2) is 8.20. The van der Waals surface area contributed by atoms with Gasteiger partial charge in [-0.25, -0.2) is 0 Å². The van der Waals surface area contributed by atoms with Crippen LogP contribution < -0.4 is 11.5 Å². The Labute approximate surface area is 119 Å². The Bertz CT molecular complexity index is 242. The summed E-state index contributed by atoms with van der Waals surface area (Å²) in [5.41, 5.74) is 11.2. The van der Waals surface area contributed by atoms with Crippen LogP contribution in [0.2, 0.25) is 0 Å². The molecule has 4 heteroatoms. The van der Waals surface area contributed by atoms with Crippen LogP contribution in [0.1, 0.15) is 60.8 Å². The zero-order valence-electron chi connectivity index (χ0n) is 13.7. The average molecular weight is 274 g/mol. The van der Waals surface area contributed by atoms with Gasteiger partial charge in [-0.2, -0.15) is 0 Å². The lowest BCUT2D eigenvalue weighted by Crippen LogP contribution is -2.37. The smallest absolute Gasteiger partial charge is 0.0666 e. The Kier molecular flexibility index (Phi) is 8.13. The molecule has 0 fully saturated rings. The van der Waals surface area contributed by atoms with E-state index in [4.69, 9.17) is 20.9 Å². The van der Waals surface area contributed by atoms with Crippen LogP contribution >= 0.6 is 0 Å². The van der Waals surface area contributed by atoms with Gasteiger partial charge in [-0.05, 0) is 53.9 Å². The zero-order valence-corrected chi connectivity index (χ0v) is 13.7. The molecule has 0 aliphatic carbocycles. The molecule has 0 aromatic carbocycles. The summed E-state index contributed by atoms with van der Waals surface area (Å²) < 4.78 is 11.8. The van der Waals surface area contributed by atoms with E-state index in [2.05, 4.69) is 27.7 Å². The first kappa shape index (κ1) is 18.8. The summed E-state index contributed by atoms with van der Waals surface area (Å²) in [6.07, 6.45) is 2.70. The predicted octanol–water partition coefficient (Wildman–Crippen LogP) is 2.44. The molecule has 0 amide bonds. The fourth-order valence-electron chi connectivity index (χ4n) is 1.96. The minimum absolute atomic E-state index is 0.0687. The summed E-state index contributed by atoms with van der Waals surface area (Å²) in [6, 6.07) is 0.228. The molecule has 0 radical (unpaired) electrons. The van der Waals surface area contributed by atoms with E-state index in [1.807, 2.05) is 13.8 Å². The average Bonchev–Trinajstić information content (AvgIpc) is 2.25. The highest BCUT2D eigenvalue weighted by Gasteiger charge is 2.26. The first-order valence-electron chi connectivity index (χ1n) is 7.39. The van der Waals surface area contributed by atoms with E-state index in [0.29, 0.717) is 13.2 Å². The lowest BCUT2D eigenvalue weighted by atomic mass is 9.94. The molecule has 0 saturated heterocycles. The summed E-state index contributed by atoms with van der Waals surface area (Å²) in [5, 5.41) is 0. The van der Waals surface area contributed by atoms with Crippen molar-refractivity contribution in [3.63, 3.8) is 0 Å². The molecule has 19 heavy (non-hydrogen) atoms. The van der Waals surface area contributed by atoms with Gasteiger partial charge in [-0.1, -0.05) is 6.92 Å². The summed E-state index contributed by atoms with van der Waals surface area (Å²) in [5.74, 6) is 0. The van der Waals surface area contributed by atoms with Crippen molar-refractivity contribution in [2.45, 2.75) is 84.1 Å². The normalized spacial score (nSPS) is 18.9. The largest absolute Gasteiger partial charge is 0.375 e. The third kappa shape index (κ3) is 9.38. The van der Waals surface area contributed by atoms with Gasteiger partial charge in [0.05, 0.1) is 24.4 Å². The molecule has 0 heterocycles. The maximum absolute atomic E-state index is 6.04. The van der Waals surface area contributed by atoms with Crippen molar-refractivity contribution in [1.29, 1.82) is 0 Å². The highest BCUT2D eigenvalue weighted by Crippen LogP contribution is 2.23. The van der Waals surface area contributed by atoms with Crippen molar-refractivity contribution in [3.05, 3.63) is 0 Å². The molecule has 0 aromatic rings. The van der Waals surface area contributed by atoms with Gasteiger partial charge in [0, 0.05) is 12.1 Å². The van der Waals surface area contributed by atoms with Gasteiger partial charge in [0.25, 0.3) is 0 Å². The fourth-order valence-corrected chi connectivity index (χ4v) is 1.96. The Morgan fingerprint density at radius 3 is 2.00 bits per heavy atom. The maximum atomic E-state index is 6.04. The van der Waals surface area contributed by atoms with Crippen molar-refractivity contribution in [3.8, 4) is 0 Å². The molecule has 0 rings (SSSR count). The molecule has 4 nitrogen and oxygen atoms in total. The van der Waals surface area contributed by atoms with E-state index in [1.54, 1.807) is 0 Å². The lowest BCUT2D eigenvalue weighted by molar-refractivity contribution is -0.0851. The second-order valence-corrected chi connectivity index (χ2v) is 6.63. The number of hydrogen-bond acceptors (Lipinski definition) is 4. The topological polar surface area (TPSA) is 70.5 Å². The van der Waals surface area contributed by atoms with Crippen molar-refractivity contribution < 1.29 is 9.47 Å². The van der Waals surface area contributed by atoms with Gasteiger partial charge >= 0.3 is 0 Å². The van der Waals surface area contributed by atoms with Crippen LogP contribution in [-0.4, -0.2) is 36.5 Å². The molecule has 0 bridgehead atoms. The van der Waals surface area contributed by atoms with E-state index in [1.165, 1.54) is 0 Å². The standard InChI is InChI=1S/C15H34N2O2/c1-7-15(6,10-12(2)16)18-9-8-14(4,5)19-11-13(3)17/h12-13H,7-11,16-17H2,1-6H3. The molecule has 0 spiro atoms. The molecule has 0 saturated carbocycles. The Morgan fingerprint density at radius 2 is 1.58 bits per heavy atom. The van der Waals surface area contributed by atoms with Crippen LogP contribution in [0.3, 0.4) is 0 Å². The molecule has 4 N–H and O–H groups in total. The van der Waals surface area contributed by atoms with E-state index >= 15 is 0 Å². The molecule has 3 atom stereocenters. The van der Waals surface area contributed by atoms with Crippen molar-refractivity contribution in [2.24, 2.45) is 11.5 Å². The minimum Gasteiger partial charge on any atom is -0.375 e. The summed E-state index contributed by atoms with van der Waals surface area (Å²) in [7, 11) is 0. The molecule has 0 aliphatic heterocycles. The molecule has 3 unspecified atom stereocenters. The van der Waals surface area contributed by atoms with E-state index in [0.717, 1.165) is 19.3 Å². The highest BCUT2D eigenvalue weighted by atomic mass is 16.5. The monoisotopic (exact) mass is 274 g/mol. The summed E-state index contributed by atoms with van der Waals surface area (Å²) >= 11 is 0. The van der Waals surface area contributed by atoms with Crippen LogP contribution in [0.15, 0.2) is 0 Å². The Morgan fingerprint density at radius 1 is 1.00 bits per heavy atom. The zero-order chi connectivity index (χ0) is 15.1. The fraction of sp³-hybridized carbons (Fsp3) is 1.00. The van der Waals surface area contributed by atoms with Crippen LogP contribution in [0.5, 0.6) is 0 Å². The van der Waals surface area contributed by atoms with Gasteiger partial charge < -0.3 is 20.9 Å². The van der Waals surface area contributed by atoms with Gasteiger partial charge in [-0.15, -0.1) is 0 Å². The molecular weight excluding hydrogens is 240 g/mol.